The number of halogens is 4. The number of carbonyl (C=O) groups is 1. The van der Waals surface area contributed by atoms with Crippen molar-refractivity contribution < 1.29 is 22.4 Å². The molecule has 6 nitrogen and oxygen atoms in total. The molecule has 0 aromatic carbocycles. The van der Waals surface area contributed by atoms with Gasteiger partial charge in [0.1, 0.15) is 10.7 Å². The van der Waals surface area contributed by atoms with Crippen molar-refractivity contribution in [2.24, 2.45) is 7.05 Å². The Morgan fingerprint density at radius 2 is 2.13 bits per heavy atom. The van der Waals surface area contributed by atoms with E-state index in [4.69, 9.17) is 0 Å². The fourth-order valence-corrected chi connectivity index (χ4v) is 3.06. The highest BCUT2D eigenvalue weighted by Gasteiger charge is 2.36. The molecule has 23 heavy (non-hydrogen) atoms. The lowest BCUT2D eigenvalue weighted by Gasteiger charge is -2.08. The summed E-state index contributed by atoms with van der Waals surface area (Å²) >= 11 is 1.32. The van der Waals surface area contributed by atoms with E-state index >= 15 is 0 Å². The quantitative estimate of drug-likeness (QED) is 0.665. The number of thiophene rings is 1. The zero-order chi connectivity index (χ0) is 17.4. The third-order valence-electron chi connectivity index (χ3n) is 2.83. The molecule has 0 bridgehead atoms. The van der Waals surface area contributed by atoms with Crippen LogP contribution in [0.4, 0.5) is 22.4 Å². The summed E-state index contributed by atoms with van der Waals surface area (Å²) < 4.78 is 53.2. The number of thioether (sulfide) groups is 1. The molecule has 0 fully saturated rings. The maximum absolute atomic E-state index is 13.5. The molecule has 0 aliphatic rings. The van der Waals surface area contributed by atoms with Gasteiger partial charge < -0.3 is 5.32 Å². The molecule has 2 heterocycles. The van der Waals surface area contributed by atoms with E-state index in [1.54, 1.807) is 6.26 Å². The fourth-order valence-electron chi connectivity index (χ4n) is 1.73. The SMILES string of the molecule is CSc1nn(C(=O)NCc2c(F)csc2C(F)(F)F)c(=O)n1C. The van der Waals surface area contributed by atoms with Crippen molar-refractivity contribution in [3.8, 4) is 0 Å². The van der Waals surface area contributed by atoms with Crippen LogP contribution in [0.1, 0.15) is 10.4 Å². The van der Waals surface area contributed by atoms with Crippen LogP contribution in [0.25, 0.3) is 0 Å². The largest absolute Gasteiger partial charge is 0.426 e. The molecular weight excluding hydrogens is 360 g/mol. The number of alkyl halides is 3. The number of amides is 1. The van der Waals surface area contributed by atoms with Gasteiger partial charge in [0.2, 0.25) is 0 Å². The number of hydrogen-bond acceptors (Lipinski definition) is 5. The molecule has 1 N–H and O–H groups in total. The van der Waals surface area contributed by atoms with Gasteiger partial charge in [-0.3, -0.25) is 4.57 Å². The minimum Gasteiger partial charge on any atom is -0.332 e. The Morgan fingerprint density at radius 1 is 1.48 bits per heavy atom. The molecule has 0 saturated carbocycles. The van der Waals surface area contributed by atoms with Crippen LogP contribution < -0.4 is 11.0 Å². The monoisotopic (exact) mass is 370 g/mol. The van der Waals surface area contributed by atoms with Crippen LogP contribution in [0.2, 0.25) is 0 Å². The Labute approximate surface area is 135 Å². The van der Waals surface area contributed by atoms with Crippen LogP contribution in [0.3, 0.4) is 0 Å². The van der Waals surface area contributed by atoms with Crippen molar-refractivity contribution in [1.82, 2.24) is 19.7 Å². The van der Waals surface area contributed by atoms with Gasteiger partial charge in [0, 0.05) is 24.5 Å². The molecular formula is C11H10F4N4O2S2. The number of aromatic nitrogens is 3. The summed E-state index contributed by atoms with van der Waals surface area (Å²) in [5, 5.41) is 6.76. The van der Waals surface area contributed by atoms with E-state index in [9.17, 15) is 27.2 Å². The van der Waals surface area contributed by atoms with Gasteiger partial charge in [0.15, 0.2) is 5.16 Å². The molecule has 2 aromatic heterocycles. The van der Waals surface area contributed by atoms with Crippen LogP contribution in [0, 0.1) is 5.82 Å². The number of rotatable bonds is 3. The van der Waals surface area contributed by atoms with Crippen LogP contribution in [-0.4, -0.2) is 26.6 Å². The smallest absolute Gasteiger partial charge is 0.332 e. The Hall–Kier alpha value is -1.82. The van der Waals surface area contributed by atoms with Crippen molar-refractivity contribution in [3.05, 3.63) is 32.1 Å². The molecule has 0 spiro atoms. The molecule has 126 valence electrons. The Morgan fingerprint density at radius 3 is 2.65 bits per heavy atom. The Balaban J connectivity index is 2.21. The molecule has 0 aliphatic heterocycles. The predicted octanol–water partition coefficient (Wildman–Crippen LogP) is 2.28. The van der Waals surface area contributed by atoms with Crippen molar-refractivity contribution >= 4 is 29.1 Å². The molecule has 0 radical (unpaired) electrons. The third-order valence-corrected chi connectivity index (χ3v) is 4.59. The fraction of sp³-hybridized carbons (Fsp3) is 0.364. The van der Waals surface area contributed by atoms with Crippen molar-refractivity contribution in [2.75, 3.05) is 6.26 Å². The molecule has 0 aliphatic carbocycles. The molecule has 1 amide bonds. The number of nitrogens with one attached hydrogen (secondary N) is 1. The summed E-state index contributed by atoms with van der Waals surface area (Å²) in [6.07, 6.45) is -3.08. The number of hydrogen-bond donors (Lipinski definition) is 1. The van der Waals surface area contributed by atoms with E-state index < -0.39 is 40.7 Å². The second kappa shape index (κ2) is 6.35. The second-order valence-corrected chi connectivity index (χ2v) is 5.94. The molecule has 2 aromatic rings. The zero-order valence-electron chi connectivity index (χ0n) is 11.8. The molecule has 12 heteroatoms. The predicted molar refractivity (Wildman–Crippen MR) is 76.2 cm³/mol. The standard InChI is InChI=1S/C11H10F4N4O2S2/c1-18-9(22-2)17-19(10(18)21)8(20)16-3-5-6(12)4-23-7(5)11(13,14)15/h4H,3H2,1-2H3,(H,16,20). The summed E-state index contributed by atoms with van der Waals surface area (Å²) in [7, 11) is 1.39. The van der Waals surface area contributed by atoms with Crippen molar-refractivity contribution in [3.63, 3.8) is 0 Å². The lowest BCUT2D eigenvalue weighted by Crippen LogP contribution is -2.37. The highest BCUT2D eigenvalue weighted by molar-refractivity contribution is 7.98. The van der Waals surface area contributed by atoms with Gasteiger partial charge in [0.05, 0.1) is 0 Å². The van der Waals surface area contributed by atoms with Gasteiger partial charge in [-0.25, -0.2) is 14.0 Å². The molecule has 0 atom stereocenters. The van der Waals surface area contributed by atoms with Gasteiger partial charge in [-0.05, 0) is 6.26 Å². The van der Waals surface area contributed by atoms with Gasteiger partial charge in [0.25, 0.3) is 0 Å². The van der Waals surface area contributed by atoms with E-state index in [0.29, 0.717) is 10.1 Å². The highest BCUT2D eigenvalue weighted by Crippen LogP contribution is 2.37. The maximum atomic E-state index is 13.5. The number of nitrogens with zero attached hydrogens (tertiary/aromatic N) is 3. The van der Waals surface area contributed by atoms with Gasteiger partial charge in [-0.15, -0.1) is 21.1 Å². The Kier molecular flexibility index (Phi) is 4.84. The summed E-state index contributed by atoms with van der Waals surface area (Å²) in [4.78, 5) is 22.5. The Bertz CT molecular complexity index is 793. The molecule has 2 rings (SSSR count). The first-order chi connectivity index (χ1) is 10.7. The van der Waals surface area contributed by atoms with Crippen molar-refractivity contribution in [2.45, 2.75) is 17.9 Å². The van der Waals surface area contributed by atoms with Gasteiger partial charge in [-0.1, -0.05) is 11.8 Å². The molecule has 0 unspecified atom stereocenters. The first-order valence-corrected chi connectivity index (χ1v) is 8.08. The first-order valence-electron chi connectivity index (χ1n) is 5.98. The summed E-state index contributed by atoms with van der Waals surface area (Å²) in [6, 6.07) is -1.04. The van der Waals surface area contributed by atoms with E-state index in [2.05, 4.69) is 10.4 Å². The van der Waals surface area contributed by atoms with Gasteiger partial charge >= 0.3 is 17.9 Å². The van der Waals surface area contributed by atoms with E-state index in [1.807, 2.05) is 0 Å². The normalized spacial score (nSPS) is 11.7. The topological polar surface area (TPSA) is 68.9 Å². The number of carbonyl (C=O) groups excluding carboxylic acids is 1. The minimum atomic E-state index is -4.72. The lowest BCUT2D eigenvalue weighted by molar-refractivity contribution is -0.135. The van der Waals surface area contributed by atoms with E-state index in [-0.39, 0.29) is 16.5 Å². The average molecular weight is 370 g/mol. The van der Waals surface area contributed by atoms with E-state index in [1.165, 1.54) is 7.05 Å². The minimum absolute atomic E-state index is 0.201. The van der Waals surface area contributed by atoms with Crippen LogP contribution in [-0.2, 0) is 19.8 Å². The average Bonchev–Trinajstić information content (AvgIpc) is 2.98. The van der Waals surface area contributed by atoms with Crippen LogP contribution in [0.5, 0.6) is 0 Å². The highest BCUT2D eigenvalue weighted by atomic mass is 32.2. The van der Waals surface area contributed by atoms with Gasteiger partial charge in [-0.2, -0.15) is 13.2 Å². The first kappa shape index (κ1) is 17.5. The molecule has 0 saturated heterocycles. The summed E-state index contributed by atoms with van der Waals surface area (Å²) in [6.45, 7) is -0.708. The van der Waals surface area contributed by atoms with Crippen LogP contribution in [0.15, 0.2) is 15.3 Å². The second-order valence-electron chi connectivity index (χ2n) is 4.29. The maximum Gasteiger partial charge on any atom is 0.426 e. The summed E-state index contributed by atoms with van der Waals surface area (Å²) in [5.41, 5.74) is -1.43. The van der Waals surface area contributed by atoms with Crippen molar-refractivity contribution in [1.29, 1.82) is 0 Å². The zero-order valence-corrected chi connectivity index (χ0v) is 13.4. The summed E-state index contributed by atoms with van der Waals surface area (Å²) in [5.74, 6) is -1.07. The van der Waals surface area contributed by atoms with Crippen LogP contribution >= 0.6 is 23.1 Å². The lowest BCUT2D eigenvalue weighted by atomic mass is 10.2. The third kappa shape index (κ3) is 3.42. The van der Waals surface area contributed by atoms with E-state index in [0.717, 1.165) is 16.3 Å².